The van der Waals surface area contributed by atoms with Crippen LogP contribution in [0.5, 0.6) is 11.5 Å². The van der Waals surface area contributed by atoms with Crippen molar-refractivity contribution in [1.29, 1.82) is 0 Å². The van der Waals surface area contributed by atoms with Gasteiger partial charge in [0, 0.05) is 18.7 Å². The second-order valence-corrected chi connectivity index (χ2v) is 13.5. The summed E-state index contributed by atoms with van der Waals surface area (Å²) in [6.07, 6.45) is 0.785. The Balaban J connectivity index is 1.11. The molecule has 274 valence electrons. The van der Waals surface area contributed by atoms with E-state index in [2.05, 4.69) is 16.0 Å². The largest absolute Gasteiger partial charge is 0.457 e. The fraction of sp³-hybridized carbons (Fsp3) is 0.282. The third-order valence-corrected chi connectivity index (χ3v) is 9.58. The molecule has 2 aliphatic rings. The number of para-hydroxylation sites is 1. The zero-order valence-electron chi connectivity index (χ0n) is 28.8. The van der Waals surface area contributed by atoms with E-state index in [9.17, 15) is 28.8 Å². The zero-order chi connectivity index (χ0) is 37.2. The number of ether oxygens (including phenoxy) is 2. The molecule has 2 fully saturated rings. The Morgan fingerprint density at radius 1 is 0.849 bits per heavy atom. The Bertz CT molecular complexity index is 1910. The van der Waals surface area contributed by atoms with Crippen molar-refractivity contribution in [3.05, 3.63) is 113 Å². The standard InChI is InChI=1S/C39H39N5O8S/c45-34(24-51-36(47)23-27-19-21-53-25-27)32(22-26-8-3-1-4-9-26)41-37(48)33-12-7-20-43-35(46)18-17-31(38(49)44(33)43)42-39(50)40-28-13-15-30(16-14-28)52-29-10-5-2-6-11-29/h1-6,8-11,13-16,19,21,25,31-33H,7,12,17-18,20,22-24H2,(H,41,48)(H2,40,42,50)/t31-,32-,33-/m0/s1. The highest BCUT2D eigenvalue weighted by Crippen LogP contribution is 2.26. The van der Waals surface area contributed by atoms with Gasteiger partial charge in [-0.25, -0.2) is 9.80 Å². The Morgan fingerprint density at radius 3 is 2.28 bits per heavy atom. The second kappa shape index (κ2) is 17.5. The molecule has 3 atom stereocenters. The summed E-state index contributed by atoms with van der Waals surface area (Å²) in [5.74, 6) is -1.49. The van der Waals surface area contributed by atoms with Crippen LogP contribution in [0.15, 0.2) is 102 Å². The number of hydrazine groups is 1. The van der Waals surface area contributed by atoms with Gasteiger partial charge in [-0.3, -0.25) is 29.0 Å². The van der Waals surface area contributed by atoms with E-state index in [1.165, 1.54) is 16.3 Å². The first-order valence-corrected chi connectivity index (χ1v) is 18.3. The number of carbonyl (C=O) groups excluding carboxylic acids is 6. The Kier molecular flexibility index (Phi) is 12.1. The van der Waals surface area contributed by atoms with E-state index < -0.39 is 54.3 Å². The molecule has 53 heavy (non-hydrogen) atoms. The smallest absolute Gasteiger partial charge is 0.319 e. The summed E-state index contributed by atoms with van der Waals surface area (Å²) in [7, 11) is 0. The van der Waals surface area contributed by atoms with Crippen LogP contribution < -0.4 is 20.7 Å². The van der Waals surface area contributed by atoms with E-state index in [0.717, 1.165) is 16.1 Å². The van der Waals surface area contributed by atoms with Crippen LogP contribution in [0, 0.1) is 0 Å². The van der Waals surface area contributed by atoms with Gasteiger partial charge in [0.05, 0.1) is 12.5 Å². The highest BCUT2D eigenvalue weighted by Gasteiger charge is 2.45. The van der Waals surface area contributed by atoms with Gasteiger partial charge in [0.2, 0.25) is 11.8 Å². The van der Waals surface area contributed by atoms with E-state index in [1.807, 2.05) is 59.3 Å². The number of Topliss-reactive ketones (excluding diaryl/α,β-unsaturated/α-hetero) is 1. The SMILES string of the molecule is O=C(Nc1ccc(Oc2ccccc2)cc1)N[C@H]1CCC(=O)N2CCC[C@@H](C(=O)N[C@@H](Cc3ccccc3)C(=O)COC(=O)Cc3ccsc3)N2C1=O. The molecule has 6 rings (SSSR count). The Labute approximate surface area is 310 Å². The molecule has 3 aromatic carbocycles. The normalized spacial score (nSPS) is 17.5. The van der Waals surface area contributed by atoms with Crippen LogP contribution >= 0.6 is 11.3 Å². The molecule has 2 aliphatic heterocycles. The molecular formula is C39H39N5O8S. The average Bonchev–Trinajstić information content (AvgIpc) is 3.65. The summed E-state index contributed by atoms with van der Waals surface area (Å²) < 4.78 is 11.1. The van der Waals surface area contributed by atoms with Crippen molar-refractivity contribution in [3.8, 4) is 11.5 Å². The summed E-state index contributed by atoms with van der Waals surface area (Å²) in [5.41, 5.74) is 1.98. The highest BCUT2D eigenvalue weighted by atomic mass is 32.1. The molecule has 0 spiro atoms. The molecule has 1 aromatic heterocycles. The number of hydrogen-bond donors (Lipinski definition) is 3. The number of rotatable bonds is 13. The Morgan fingerprint density at radius 2 is 1.57 bits per heavy atom. The van der Waals surface area contributed by atoms with Crippen LogP contribution in [-0.4, -0.2) is 76.8 Å². The van der Waals surface area contributed by atoms with Crippen LogP contribution in [0.1, 0.15) is 36.8 Å². The van der Waals surface area contributed by atoms with Crippen LogP contribution in [0.25, 0.3) is 0 Å². The first-order valence-electron chi connectivity index (χ1n) is 17.3. The fourth-order valence-electron chi connectivity index (χ4n) is 6.19. The predicted molar refractivity (Wildman–Crippen MR) is 196 cm³/mol. The van der Waals surface area contributed by atoms with Crippen molar-refractivity contribution in [3.63, 3.8) is 0 Å². The minimum atomic E-state index is -1.13. The first-order chi connectivity index (χ1) is 25.7. The molecule has 0 saturated carbocycles. The van der Waals surface area contributed by atoms with Crippen molar-refractivity contribution < 1.29 is 38.2 Å². The predicted octanol–water partition coefficient (Wildman–Crippen LogP) is 4.64. The van der Waals surface area contributed by atoms with Gasteiger partial charge in [0.25, 0.3) is 5.91 Å². The number of carbonyl (C=O) groups is 6. The molecule has 5 amide bonds. The topological polar surface area (TPSA) is 163 Å². The molecule has 0 unspecified atom stereocenters. The van der Waals surface area contributed by atoms with Gasteiger partial charge in [-0.05, 0) is 90.0 Å². The number of anilines is 1. The number of esters is 1. The molecule has 0 radical (unpaired) electrons. The molecule has 2 saturated heterocycles. The van der Waals surface area contributed by atoms with E-state index in [1.54, 1.807) is 42.5 Å². The lowest BCUT2D eigenvalue weighted by atomic mass is 10.0. The number of thiophene rings is 1. The lowest BCUT2D eigenvalue weighted by Gasteiger charge is -2.43. The maximum absolute atomic E-state index is 14.0. The number of hydrogen-bond acceptors (Lipinski definition) is 9. The van der Waals surface area contributed by atoms with Crippen LogP contribution in [-0.2, 0) is 41.6 Å². The van der Waals surface area contributed by atoms with Gasteiger partial charge >= 0.3 is 12.0 Å². The number of fused-ring (bicyclic) bond motifs is 1. The summed E-state index contributed by atoms with van der Waals surface area (Å²) in [6, 6.07) is 22.8. The van der Waals surface area contributed by atoms with Crippen molar-refractivity contribution in [2.45, 2.75) is 56.7 Å². The highest BCUT2D eigenvalue weighted by molar-refractivity contribution is 7.08. The van der Waals surface area contributed by atoms with Crippen molar-refractivity contribution in [1.82, 2.24) is 20.7 Å². The van der Waals surface area contributed by atoms with Crippen LogP contribution in [0.3, 0.4) is 0 Å². The number of nitrogens with one attached hydrogen (secondary N) is 3. The molecular weight excluding hydrogens is 699 g/mol. The monoisotopic (exact) mass is 737 g/mol. The molecule has 14 heteroatoms. The molecule has 13 nitrogen and oxygen atoms in total. The van der Waals surface area contributed by atoms with Gasteiger partial charge in [0.15, 0.2) is 12.4 Å². The number of ketones is 1. The molecule has 0 bridgehead atoms. The van der Waals surface area contributed by atoms with E-state index >= 15 is 0 Å². The fourth-order valence-corrected chi connectivity index (χ4v) is 6.86. The zero-order valence-corrected chi connectivity index (χ0v) is 29.6. The summed E-state index contributed by atoms with van der Waals surface area (Å²) in [4.78, 5) is 80.2. The lowest BCUT2D eigenvalue weighted by Crippen LogP contribution is -2.64. The maximum atomic E-state index is 14.0. The lowest BCUT2D eigenvalue weighted by molar-refractivity contribution is -0.176. The maximum Gasteiger partial charge on any atom is 0.319 e. The van der Waals surface area contributed by atoms with Crippen LogP contribution in [0.4, 0.5) is 10.5 Å². The number of benzene rings is 3. The van der Waals surface area contributed by atoms with Crippen molar-refractivity contribution in [2.75, 3.05) is 18.5 Å². The van der Waals surface area contributed by atoms with Gasteiger partial charge in [-0.2, -0.15) is 11.3 Å². The number of urea groups is 1. The minimum Gasteiger partial charge on any atom is -0.457 e. The Hall–Kier alpha value is -6.02. The quantitative estimate of drug-likeness (QED) is 0.167. The molecule has 0 aliphatic carbocycles. The van der Waals surface area contributed by atoms with Gasteiger partial charge in [-0.1, -0.05) is 48.5 Å². The molecule has 3 heterocycles. The minimum absolute atomic E-state index is 0.0126. The van der Waals surface area contributed by atoms with Crippen molar-refractivity contribution >= 4 is 52.5 Å². The first kappa shape index (κ1) is 36.8. The number of nitrogens with zero attached hydrogens (tertiary/aromatic N) is 2. The van der Waals surface area contributed by atoms with E-state index in [-0.39, 0.29) is 44.6 Å². The van der Waals surface area contributed by atoms with Crippen LogP contribution in [0.2, 0.25) is 0 Å². The summed E-state index contributed by atoms with van der Waals surface area (Å²) in [6.45, 7) is -0.334. The summed E-state index contributed by atoms with van der Waals surface area (Å²) >= 11 is 1.44. The number of amides is 5. The van der Waals surface area contributed by atoms with Crippen molar-refractivity contribution in [2.24, 2.45) is 0 Å². The third kappa shape index (κ3) is 9.86. The second-order valence-electron chi connectivity index (χ2n) is 12.7. The van der Waals surface area contributed by atoms with E-state index in [4.69, 9.17) is 9.47 Å². The third-order valence-electron chi connectivity index (χ3n) is 8.85. The van der Waals surface area contributed by atoms with Gasteiger partial charge in [0.1, 0.15) is 23.6 Å². The average molecular weight is 738 g/mol. The van der Waals surface area contributed by atoms with Gasteiger partial charge < -0.3 is 25.4 Å². The summed E-state index contributed by atoms with van der Waals surface area (Å²) in [5, 5.41) is 14.2. The molecule has 4 aromatic rings. The van der Waals surface area contributed by atoms with Gasteiger partial charge in [-0.15, -0.1) is 0 Å². The van der Waals surface area contributed by atoms with E-state index in [0.29, 0.717) is 23.6 Å². The molecule has 3 N–H and O–H groups in total.